The number of aliphatic hydroxyl groups is 1. The molecule has 2 nitrogen and oxygen atoms in total. The maximum atomic E-state index is 10.2. The van der Waals surface area contributed by atoms with E-state index >= 15 is 0 Å². The third-order valence-corrected chi connectivity index (χ3v) is 3.81. The average Bonchev–Trinajstić information content (AvgIpc) is 2.33. The van der Waals surface area contributed by atoms with Gasteiger partial charge in [0.15, 0.2) is 0 Å². The molecule has 2 heteroatoms. The number of aryl methyl sites for hydroxylation is 1. The summed E-state index contributed by atoms with van der Waals surface area (Å²) in [5, 5.41) is 10.2. The highest BCUT2D eigenvalue weighted by atomic mass is 16.3. The van der Waals surface area contributed by atoms with Crippen molar-refractivity contribution in [2.24, 2.45) is 0 Å². The molecule has 1 aromatic carbocycles. The molecule has 0 amide bonds. The molecule has 0 spiro atoms. The maximum Gasteiger partial charge on any atom is 0.0917 e. The molecule has 0 aromatic heterocycles. The lowest BCUT2D eigenvalue weighted by Gasteiger charge is -2.34. The van der Waals surface area contributed by atoms with Gasteiger partial charge in [-0.05, 0) is 38.8 Å². The first-order chi connectivity index (χ1) is 8.16. The molecule has 0 radical (unpaired) electrons. The summed E-state index contributed by atoms with van der Waals surface area (Å²) in [6, 6.07) is 8.82. The van der Waals surface area contributed by atoms with Gasteiger partial charge in [-0.25, -0.2) is 0 Å². The molecule has 1 saturated heterocycles. The molecule has 0 aliphatic carbocycles. The highest BCUT2D eigenvalue weighted by molar-refractivity contribution is 5.23. The molecular weight excluding hydrogens is 210 g/mol. The number of hydrogen-bond donors (Lipinski definition) is 1. The molecule has 2 rings (SSSR count). The van der Waals surface area contributed by atoms with Crippen LogP contribution in [-0.2, 0) is 0 Å². The van der Waals surface area contributed by atoms with Crippen LogP contribution in [0, 0.1) is 6.92 Å². The fourth-order valence-electron chi connectivity index (χ4n) is 2.54. The predicted molar refractivity (Wildman–Crippen MR) is 71.0 cm³/mol. The van der Waals surface area contributed by atoms with Gasteiger partial charge in [-0.3, -0.25) is 4.90 Å². The number of benzene rings is 1. The van der Waals surface area contributed by atoms with E-state index in [2.05, 4.69) is 30.9 Å². The van der Waals surface area contributed by atoms with Crippen molar-refractivity contribution in [1.82, 2.24) is 4.90 Å². The smallest absolute Gasteiger partial charge is 0.0917 e. The molecule has 0 saturated carbocycles. The molecular formula is C15H23NO. The molecule has 1 aromatic rings. The zero-order valence-corrected chi connectivity index (χ0v) is 10.9. The van der Waals surface area contributed by atoms with Crippen molar-refractivity contribution in [1.29, 1.82) is 0 Å². The fourth-order valence-corrected chi connectivity index (χ4v) is 2.54. The molecule has 0 bridgehead atoms. The SMILES string of the molecule is Cc1ccc(C(O)CN2CCCCC2C)cc1. The van der Waals surface area contributed by atoms with Gasteiger partial charge in [0.05, 0.1) is 6.10 Å². The second-order valence-corrected chi connectivity index (χ2v) is 5.27. The highest BCUT2D eigenvalue weighted by Gasteiger charge is 2.21. The minimum atomic E-state index is -0.351. The molecule has 17 heavy (non-hydrogen) atoms. The van der Waals surface area contributed by atoms with E-state index in [0.29, 0.717) is 6.04 Å². The second-order valence-electron chi connectivity index (χ2n) is 5.27. The van der Waals surface area contributed by atoms with Crippen LogP contribution in [0.15, 0.2) is 24.3 Å². The monoisotopic (exact) mass is 233 g/mol. The summed E-state index contributed by atoms with van der Waals surface area (Å²) in [5.74, 6) is 0. The summed E-state index contributed by atoms with van der Waals surface area (Å²) in [6.45, 7) is 6.23. The summed E-state index contributed by atoms with van der Waals surface area (Å²) in [7, 11) is 0. The minimum absolute atomic E-state index is 0.351. The number of likely N-dealkylation sites (tertiary alicyclic amines) is 1. The largest absolute Gasteiger partial charge is 0.387 e. The molecule has 1 heterocycles. The van der Waals surface area contributed by atoms with Crippen molar-refractivity contribution in [3.05, 3.63) is 35.4 Å². The standard InChI is InChI=1S/C15H23NO/c1-12-6-8-14(9-7-12)15(17)11-16-10-4-3-5-13(16)2/h6-9,13,15,17H,3-5,10-11H2,1-2H3. The van der Waals surface area contributed by atoms with E-state index in [1.165, 1.54) is 24.8 Å². The zero-order valence-electron chi connectivity index (χ0n) is 10.9. The number of piperidine rings is 1. The summed E-state index contributed by atoms with van der Waals surface area (Å²) >= 11 is 0. The first kappa shape index (κ1) is 12.6. The van der Waals surface area contributed by atoms with Crippen molar-refractivity contribution in [3.63, 3.8) is 0 Å². The summed E-state index contributed by atoms with van der Waals surface area (Å²) in [6.07, 6.45) is 3.51. The first-order valence-corrected chi connectivity index (χ1v) is 6.65. The van der Waals surface area contributed by atoms with Crippen LogP contribution in [0.1, 0.15) is 43.4 Å². The number of hydrogen-bond acceptors (Lipinski definition) is 2. The van der Waals surface area contributed by atoms with Crippen molar-refractivity contribution < 1.29 is 5.11 Å². The predicted octanol–water partition coefficient (Wildman–Crippen LogP) is 2.90. The van der Waals surface area contributed by atoms with Crippen LogP contribution in [0.25, 0.3) is 0 Å². The normalized spacial score (nSPS) is 23.6. The lowest BCUT2D eigenvalue weighted by molar-refractivity contribution is 0.0732. The van der Waals surface area contributed by atoms with Gasteiger partial charge in [-0.1, -0.05) is 36.2 Å². The van der Waals surface area contributed by atoms with E-state index in [9.17, 15) is 5.11 Å². The van der Waals surface area contributed by atoms with Crippen molar-refractivity contribution in [2.75, 3.05) is 13.1 Å². The van der Waals surface area contributed by atoms with Crippen LogP contribution in [0.5, 0.6) is 0 Å². The van der Waals surface area contributed by atoms with E-state index in [1.54, 1.807) is 0 Å². The van der Waals surface area contributed by atoms with E-state index < -0.39 is 0 Å². The lowest BCUT2D eigenvalue weighted by Crippen LogP contribution is -2.40. The lowest BCUT2D eigenvalue weighted by atomic mass is 10.0. The van der Waals surface area contributed by atoms with Crippen LogP contribution in [0.2, 0.25) is 0 Å². The van der Waals surface area contributed by atoms with Crippen LogP contribution >= 0.6 is 0 Å². The quantitative estimate of drug-likeness (QED) is 0.867. The number of aliphatic hydroxyl groups excluding tert-OH is 1. The van der Waals surface area contributed by atoms with Crippen molar-refractivity contribution in [3.8, 4) is 0 Å². The highest BCUT2D eigenvalue weighted by Crippen LogP contribution is 2.21. The van der Waals surface area contributed by atoms with Gasteiger partial charge in [0.2, 0.25) is 0 Å². The number of rotatable bonds is 3. The molecule has 94 valence electrons. The van der Waals surface area contributed by atoms with Gasteiger partial charge in [0, 0.05) is 12.6 Å². The molecule has 1 N–H and O–H groups in total. The van der Waals surface area contributed by atoms with Crippen molar-refractivity contribution >= 4 is 0 Å². The van der Waals surface area contributed by atoms with E-state index in [1.807, 2.05) is 12.1 Å². The Morgan fingerprint density at radius 1 is 1.29 bits per heavy atom. The van der Waals surface area contributed by atoms with E-state index in [-0.39, 0.29) is 6.10 Å². The molecule has 1 aliphatic rings. The van der Waals surface area contributed by atoms with Crippen molar-refractivity contribution in [2.45, 2.75) is 45.3 Å². The molecule has 2 unspecified atom stereocenters. The van der Waals surface area contributed by atoms with Gasteiger partial charge in [0.25, 0.3) is 0 Å². The van der Waals surface area contributed by atoms with Crippen LogP contribution in [-0.4, -0.2) is 29.1 Å². The topological polar surface area (TPSA) is 23.5 Å². The zero-order chi connectivity index (χ0) is 12.3. The van der Waals surface area contributed by atoms with Gasteiger partial charge in [-0.2, -0.15) is 0 Å². The number of β-amino-alcohol motifs (C(OH)–C–C–N with tert-alkyl or cyclic N) is 1. The van der Waals surface area contributed by atoms with E-state index in [4.69, 9.17) is 0 Å². The summed E-state index contributed by atoms with van der Waals surface area (Å²) in [5.41, 5.74) is 2.28. The molecule has 1 fully saturated rings. The van der Waals surface area contributed by atoms with Crippen LogP contribution < -0.4 is 0 Å². The summed E-state index contributed by atoms with van der Waals surface area (Å²) < 4.78 is 0. The van der Waals surface area contributed by atoms with E-state index in [0.717, 1.165) is 18.7 Å². The number of nitrogens with zero attached hydrogens (tertiary/aromatic N) is 1. The van der Waals surface area contributed by atoms with Gasteiger partial charge in [-0.15, -0.1) is 0 Å². The minimum Gasteiger partial charge on any atom is -0.387 e. The fraction of sp³-hybridized carbons (Fsp3) is 0.600. The molecule has 2 atom stereocenters. The maximum absolute atomic E-state index is 10.2. The van der Waals surface area contributed by atoms with Crippen LogP contribution in [0.4, 0.5) is 0 Å². The first-order valence-electron chi connectivity index (χ1n) is 6.65. The Bertz CT molecular complexity index is 346. The third-order valence-electron chi connectivity index (χ3n) is 3.81. The Labute approximate surface area is 104 Å². The third kappa shape index (κ3) is 3.30. The Morgan fingerprint density at radius 2 is 2.00 bits per heavy atom. The Morgan fingerprint density at radius 3 is 2.65 bits per heavy atom. The Kier molecular flexibility index (Phi) is 4.19. The Balaban J connectivity index is 1.95. The van der Waals surface area contributed by atoms with Gasteiger partial charge in [0.1, 0.15) is 0 Å². The molecule has 1 aliphatic heterocycles. The van der Waals surface area contributed by atoms with Crippen LogP contribution in [0.3, 0.4) is 0 Å². The second kappa shape index (κ2) is 5.65. The Hall–Kier alpha value is -0.860. The summed E-state index contributed by atoms with van der Waals surface area (Å²) in [4.78, 5) is 2.41. The average molecular weight is 233 g/mol. The van der Waals surface area contributed by atoms with Gasteiger partial charge >= 0.3 is 0 Å². The van der Waals surface area contributed by atoms with Gasteiger partial charge < -0.3 is 5.11 Å².